The molecule has 1 aromatic heterocycles. The van der Waals surface area contributed by atoms with Gasteiger partial charge in [0.2, 0.25) is 0 Å². The van der Waals surface area contributed by atoms with E-state index in [4.69, 9.17) is 5.26 Å². The number of rotatable bonds is 5. The summed E-state index contributed by atoms with van der Waals surface area (Å²) in [5.74, 6) is -0.243. The molecule has 35 heavy (non-hydrogen) atoms. The number of hydrogen-bond donors (Lipinski definition) is 1. The van der Waals surface area contributed by atoms with Gasteiger partial charge < -0.3 is 5.32 Å². The van der Waals surface area contributed by atoms with Gasteiger partial charge in [-0.25, -0.2) is 14.3 Å². The van der Waals surface area contributed by atoms with Crippen LogP contribution >= 0.6 is 0 Å². The molecule has 3 aromatic rings. The minimum absolute atomic E-state index is 0.243. The third-order valence-electron chi connectivity index (χ3n) is 3.97. The standard InChI is InChI=1S/C12H16N2.C10H9FN2.C4H6.C2H6.CHN/c1-4-6-10-7-8-11(13-3)12(9-10)14-5-2;1-8-5-6-12-13(8)10-4-2-3-9(11)7-10;1-3-4-2;2*1-2/h4-9,13H,1-3H3;2-7H,1H3;3-4H,1-2H2;1-2H3;1H/b6-4+,14-5?;;;;. The molecular weight excluding hydrogens is 437 g/mol. The Morgan fingerprint density at radius 2 is 1.71 bits per heavy atom. The number of nitrogens with zero attached hydrogens (tertiary/aromatic N) is 4. The summed E-state index contributed by atoms with van der Waals surface area (Å²) in [5.41, 5.74) is 4.95. The van der Waals surface area contributed by atoms with Crippen molar-refractivity contribution in [2.75, 3.05) is 12.4 Å². The van der Waals surface area contributed by atoms with E-state index in [1.165, 1.54) is 17.7 Å². The fraction of sp³-hybridized carbons (Fsp3) is 0.207. The second-order valence-electron chi connectivity index (χ2n) is 6.25. The van der Waals surface area contributed by atoms with Crippen molar-refractivity contribution in [3.8, 4) is 12.3 Å². The third kappa shape index (κ3) is 13.2. The van der Waals surface area contributed by atoms with Gasteiger partial charge in [-0.1, -0.05) is 63.4 Å². The summed E-state index contributed by atoms with van der Waals surface area (Å²) >= 11 is 0. The Morgan fingerprint density at radius 3 is 2.17 bits per heavy atom. The Hall–Kier alpha value is -4.24. The molecule has 186 valence electrons. The van der Waals surface area contributed by atoms with Crippen molar-refractivity contribution in [1.29, 1.82) is 5.26 Å². The molecule has 0 amide bonds. The fourth-order valence-electron chi connectivity index (χ4n) is 2.55. The van der Waals surface area contributed by atoms with Gasteiger partial charge in [-0.05, 0) is 62.7 Å². The van der Waals surface area contributed by atoms with Crippen LogP contribution in [0.1, 0.15) is 39.0 Å². The maximum atomic E-state index is 12.8. The number of aromatic nitrogens is 2. The number of aliphatic imine (C=N–C) groups is 1. The van der Waals surface area contributed by atoms with Crippen LogP contribution in [-0.4, -0.2) is 23.0 Å². The summed E-state index contributed by atoms with van der Waals surface area (Å²) in [7, 11) is 1.90. The van der Waals surface area contributed by atoms with Gasteiger partial charge in [0.05, 0.1) is 17.1 Å². The van der Waals surface area contributed by atoms with E-state index in [0.29, 0.717) is 0 Å². The molecule has 0 spiro atoms. The smallest absolute Gasteiger partial charge is 0.125 e. The number of anilines is 1. The van der Waals surface area contributed by atoms with Crippen molar-refractivity contribution < 1.29 is 4.39 Å². The lowest BCUT2D eigenvalue weighted by Gasteiger charge is -2.05. The maximum absolute atomic E-state index is 12.8. The van der Waals surface area contributed by atoms with Gasteiger partial charge in [-0.2, -0.15) is 5.10 Å². The highest BCUT2D eigenvalue weighted by Crippen LogP contribution is 2.26. The van der Waals surface area contributed by atoms with E-state index in [9.17, 15) is 4.39 Å². The number of benzene rings is 2. The molecular formula is C29H38FN5. The van der Waals surface area contributed by atoms with Crippen LogP contribution in [-0.2, 0) is 0 Å². The first-order valence-electron chi connectivity index (χ1n) is 11.2. The number of aryl methyl sites for hydroxylation is 1. The first-order valence-corrected chi connectivity index (χ1v) is 11.2. The minimum atomic E-state index is -0.243. The van der Waals surface area contributed by atoms with Gasteiger partial charge in [-0.3, -0.25) is 4.99 Å². The molecule has 0 aliphatic carbocycles. The Kier molecular flexibility index (Phi) is 20.3. The van der Waals surface area contributed by atoms with Crippen molar-refractivity contribution in [3.63, 3.8) is 0 Å². The normalized spacial score (nSPS) is 9.17. The van der Waals surface area contributed by atoms with Crippen LogP contribution < -0.4 is 5.32 Å². The van der Waals surface area contributed by atoms with Crippen LogP contribution in [0.3, 0.4) is 0 Å². The molecule has 0 aliphatic rings. The minimum Gasteiger partial charge on any atom is -0.386 e. The summed E-state index contributed by atoms with van der Waals surface area (Å²) in [6.07, 6.45) is 10.9. The van der Waals surface area contributed by atoms with Crippen LogP contribution in [0.25, 0.3) is 11.8 Å². The van der Waals surface area contributed by atoms with Crippen LogP contribution in [0.15, 0.2) is 91.1 Å². The Bertz CT molecular complexity index is 1060. The zero-order valence-electron chi connectivity index (χ0n) is 21.7. The molecule has 0 bridgehead atoms. The average Bonchev–Trinajstić information content (AvgIpc) is 3.33. The van der Waals surface area contributed by atoms with E-state index in [2.05, 4.69) is 53.3 Å². The first-order chi connectivity index (χ1) is 17.0. The molecule has 0 unspecified atom stereocenters. The van der Waals surface area contributed by atoms with Gasteiger partial charge >= 0.3 is 0 Å². The highest BCUT2D eigenvalue weighted by atomic mass is 19.1. The molecule has 5 nitrogen and oxygen atoms in total. The second kappa shape index (κ2) is 21.6. The second-order valence-corrected chi connectivity index (χ2v) is 6.25. The third-order valence-corrected chi connectivity index (χ3v) is 3.97. The zero-order chi connectivity index (χ0) is 27.1. The lowest BCUT2D eigenvalue weighted by atomic mass is 10.1. The number of hydrogen-bond acceptors (Lipinski definition) is 4. The van der Waals surface area contributed by atoms with Gasteiger partial charge in [0.15, 0.2) is 0 Å². The van der Waals surface area contributed by atoms with Crippen LogP contribution in [0, 0.1) is 24.6 Å². The van der Waals surface area contributed by atoms with Crippen LogP contribution in [0.4, 0.5) is 15.8 Å². The van der Waals surface area contributed by atoms with Crippen molar-refractivity contribution in [1.82, 2.24) is 9.78 Å². The molecule has 0 saturated carbocycles. The van der Waals surface area contributed by atoms with E-state index in [0.717, 1.165) is 22.8 Å². The van der Waals surface area contributed by atoms with Crippen molar-refractivity contribution >= 4 is 23.7 Å². The largest absolute Gasteiger partial charge is 0.386 e. The van der Waals surface area contributed by atoms with Crippen molar-refractivity contribution in [2.24, 2.45) is 4.99 Å². The number of halogens is 1. The summed E-state index contributed by atoms with van der Waals surface area (Å²) in [6, 6.07) is 14.4. The predicted octanol–water partition coefficient (Wildman–Crippen LogP) is 8.33. The lowest BCUT2D eigenvalue weighted by Crippen LogP contribution is -1.98. The highest BCUT2D eigenvalue weighted by molar-refractivity contribution is 5.74. The molecule has 1 heterocycles. The Morgan fingerprint density at radius 1 is 1.06 bits per heavy atom. The highest BCUT2D eigenvalue weighted by Gasteiger charge is 2.00. The number of allylic oxidation sites excluding steroid dienone is 3. The molecule has 0 saturated heterocycles. The first kappa shape index (κ1) is 32.9. The summed E-state index contributed by atoms with van der Waals surface area (Å²) in [4.78, 5) is 4.30. The fourth-order valence-corrected chi connectivity index (χ4v) is 2.55. The van der Waals surface area contributed by atoms with E-state index >= 15 is 0 Å². The number of nitrogens with one attached hydrogen (secondary N) is 1. The maximum Gasteiger partial charge on any atom is 0.125 e. The number of nitriles is 1. The van der Waals surface area contributed by atoms with Crippen molar-refractivity contribution in [3.05, 3.63) is 103 Å². The Labute approximate surface area is 210 Å². The molecule has 0 atom stereocenters. The van der Waals surface area contributed by atoms with Crippen LogP contribution in [0.2, 0.25) is 0 Å². The van der Waals surface area contributed by atoms with Gasteiger partial charge in [0, 0.05) is 31.7 Å². The van der Waals surface area contributed by atoms with Crippen LogP contribution in [0.5, 0.6) is 0 Å². The van der Waals surface area contributed by atoms with E-state index < -0.39 is 0 Å². The molecule has 0 fully saturated rings. The molecule has 3 rings (SSSR count). The molecule has 2 aromatic carbocycles. The molecule has 1 N–H and O–H groups in total. The SMILES string of the molecule is C#N.C=CC=C.CC.CC=Nc1cc(/C=C/C)ccc1NC.Cc1ccnn1-c1cccc(F)c1. The lowest BCUT2D eigenvalue weighted by molar-refractivity contribution is 0.625. The summed E-state index contributed by atoms with van der Waals surface area (Å²) in [6.45, 7) is 20.1. The topological polar surface area (TPSA) is 66.0 Å². The van der Waals surface area contributed by atoms with Crippen molar-refractivity contribution in [2.45, 2.75) is 34.6 Å². The van der Waals surface area contributed by atoms with E-state index in [1.54, 1.807) is 35.3 Å². The van der Waals surface area contributed by atoms with Gasteiger partial charge in [0.25, 0.3) is 0 Å². The van der Waals surface area contributed by atoms with Gasteiger partial charge in [-0.15, -0.1) is 0 Å². The Balaban J connectivity index is 0. The summed E-state index contributed by atoms with van der Waals surface area (Å²) in [5, 5.41) is 13.7. The molecule has 0 aliphatic heterocycles. The predicted molar refractivity (Wildman–Crippen MR) is 151 cm³/mol. The average molecular weight is 476 g/mol. The zero-order valence-corrected chi connectivity index (χ0v) is 21.7. The quantitative estimate of drug-likeness (QED) is 0.298. The van der Waals surface area contributed by atoms with Gasteiger partial charge in [0.1, 0.15) is 5.82 Å². The summed E-state index contributed by atoms with van der Waals surface area (Å²) < 4.78 is 14.5. The van der Waals surface area contributed by atoms with E-state index in [-0.39, 0.29) is 5.82 Å². The molecule has 6 heteroatoms. The molecule has 0 radical (unpaired) electrons. The monoisotopic (exact) mass is 475 g/mol. The van der Waals surface area contributed by atoms with E-state index in [1.807, 2.05) is 65.9 Å².